The van der Waals surface area contributed by atoms with Gasteiger partial charge in [0, 0.05) is 61.4 Å². The number of anilines is 2. The van der Waals surface area contributed by atoms with Crippen molar-refractivity contribution in [3.63, 3.8) is 0 Å². The Labute approximate surface area is 199 Å². The maximum atomic E-state index is 13.0. The molecule has 1 atom stereocenters. The molecule has 1 saturated carbocycles. The molecule has 1 unspecified atom stereocenters. The minimum absolute atomic E-state index is 0.0868. The SMILES string of the molecule is Nc1cc(N2CCN(C(=O)NC3CCCCN(CC4CC4)C3=O)CC2)c2ccc(Cl)cc2n1. The van der Waals surface area contributed by atoms with E-state index in [0.29, 0.717) is 42.9 Å². The van der Waals surface area contributed by atoms with Crippen LogP contribution in [0.3, 0.4) is 0 Å². The molecule has 3 amide bonds. The molecule has 3 aliphatic rings. The molecule has 2 aliphatic heterocycles. The number of nitrogens with two attached hydrogens (primary N) is 1. The summed E-state index contributed by atoms with van der Waals surface area (Å²) >= 11 is 6.13. The molecule has 1 aliphatic carbocycles. The van der Waals surface area contributed by atoms with Gasteiger partial charge in [-0.2, -0.15) is 0 Å². The zero-order chi connectivity index (χ0) is 22.9. The lowest BCUT2D eigenvalue weighted by Crippen LogP contribution is -2.56. The Kier molecular flexibility index (Phi) is 6.19. The number of benzene rings is 1. The third-order valence-corrected chi connectivity index (χ3v) is 7.17. The molecule has 3 N–H and O–H groups in total. The molecule has 0 spiro atoms. The first-order valence-electron chi connectivity index (χ1n) is 11.9. The van der Waals surface area contributed by atoms with E-state index in [1.807, 2.05) is 34.1 Å². The lowest BCUT2D eigenvalue weighted by atomic mass is 10.1. The lowest BCUT2D eigenvalue weighted by Gasteiger charge is -2.37. The molecule has 2 aromatic rings. The number of rotatable bonds is 4. The summed E-state index contributed by atoms with van der Waals surface area (Å²) in [6.07, 6.45) is 5.13. The number of nitrogens with one attached hydrogen (secondary N) is 1. The fourth-order valence-corrected chi connectivity index (χ4v) is 5.05. The molecule has 176 valence electrons. The molecular formula is C24H31ClN6O2. The van der Waals surface area contributed by atoms with Crippen LogP contribution in [0.5, 0.6) is 0 Å². The van der Waals surface area contributed by atoms with Gasteiger partial charge in [-0.15, -0.1) is 0 Å². The third-order valence-electron chi connectivity index (χ3n) is 6.93. The van der Waals surface area contributed by atoms with Gasteiger partial charge in [-0.1, -0.05) is 11.6 Å². The highest BCUT2D eigenvalue weighted by molar-refractivity contribution is 6.31. The number of aromatic nitrogens is 1. The zero-order valence-corrected chi connectivity index (χ0v) is 19.6. The van der Waals surface area contributed by atoms with Gasteiger partial charge in [0.05, 0.1) is 5.52 Å². The summed E-state index contributed by atoms with van der Waals surface area (Å²) in [5.74, 6) is 1.19. The molecule has 0 radical (unpaired) electrons. The van der Waals surface area contributed by atoms with Crippen LogP contribution >= 0.6 is 11.6 Å². The summed E-state index contributed by atoms with van der Waals surface area (Å²) in [4.78, 5) is 36.4. The Morgan fingerprint density at radius 2 is 1.88 bits per heavy atom. The maximum absolute atomic E-state index is 13.0. The van der Waals surface area contributed by atoms with Crippen molar-refractivity contribution in [1.29, 1.82) is 0 Å². The highest BCUT2D eigenvalue weighted by atomic mass is 35.5. The number of hydrogen-bond donors (Lipinski definition) is 2. The van der Waals surface area contributed by atoms with Crippen LogP contribution in [-0.2, 0) is 4.79 Å². The predicted molar refractivity (Wildman–Crippen MR) is 130 cm³/mol. The van der Waals surface area contributed by atoms with Gasteiger partial charge in [-0.3, -0.25) is 4.79 Å². The van der Waals surface area contributed by atoms with Crippen molar-refractivity contribution in [1.82, 2.24) is 20.1 Å². The monoisotopic (exact) mass is 470 g/mol. The second-order valence-electron chi connectivity index (χ2n) is 9.43. The molecule has 3 fully saturated rings. The molecule has 3 heterocycles. The Hall–Kier alpha value is -2.74. The van der Waals surface area contributed by atoms with E-state index in [9.17, 15) is 9.59 Å². The standard InChI is InChI=1S/C24H31ClN6O2/c25-17-6-7-18-20(13-17)27-22(26)14-21(18)29-9-11-30(12-10-29)24(33)28-19-3-1-2-8-31(23(19)32)15-16-4-5-16/h6-7,13-14,16,19H,1-5,8-12,15H2,(H2,26,27)(H,28,33). The normalized spacial score (nSPS) is 21.9. The third kappa shape index (κ3) is 4.95. The van der Waals surface area contributed by atoms with E-state index in [-0.39, 0.29) is 11.9 Å². The second-order valence-corrected chi connectivity index (χ2v) is 9.86. The van der Waals surface area contributed by atoms with Crippen LogP contribution in [0.1, 0.15) is 32.1 Å². The smallest absolute Gasteiger partial charge is 0.318 e. The molecule has 33 heavy (non-hydrogen) atoms. The molecule has 8 nitrogen and oxygen atoms in total. The Bertz CT molecular complexity index is 1050. The number of fused-ring (bicyclic) bond motifs is 1. The average Bonchev–Trinajstić information content (AvgIpc) is 3.64. The summed E-state index contributed by atoms with van der Waals surface area (Å²) in [5, 5.41) is 4.65. The summed E-state index contributed by atoms with van der Waals surface area (Å²) in [7, 11) is 0. The molecule has 9 heteroatoms. The molecule has 0 bridgehead atoms. The van der Waals surface area contributed by atoms with E-state index < -0.39 is 6.04 Å². The van der Waals surface area contributed by atoms with Crippen LogP contribution in [0.4, 0.5) is 16.3 Å². The fraction of sp³-hybridized carbons (Fsp3) is 0.542. The number of hydrogen-bond acceptors (Lipinski definition) is 5. The maximum Gasteiger partial charge on any atom is 0.318 e. The van der Waals surface area contributed by atoms with Crippen LogP contribution < -0.4 is 16.0 Å². The second kappa shape index (κ2) is 9.25. The molecule has 5 rings (SSSR count). The molecule has 2 saturated heterocycles. The van der Waals surface area contributed by atoms with Crippen molar-refractivity contribution >= 4 is 45.9 Å². The topological polar surface area (TPSA) is 94.8 Å². The minimum atomic E-state index is -0.412. The number of carbonyl (C=O) groups excluding carboxylic acids is 2. The number of piperazine rings is 1. The van der Waals surface area contributed by atoms with Gasteiger partial charge in [-0.25, -0.2) is 9.78 Å². The van der Waals surface area contributed by atoms with Crippen LogP contribution in [0.2, 0.25) is 5.02 Å². The Balaban J connectivity index is 1.22. The van der Waals surface area contributed by atoms with Crippen LogP contribution in [0.25, 0.3) is 10.9 Å². The first-order chi connectivity index (χ1) is 16.0. The van der Waals surface area contributed by atoms with Gasteiger partial charge >= 0.3 is 6.03 Å². The number of halogens is 1. The number of pyridine rings is 1. The van der Waals surface area contributed by atoms with Crippen molar-refractivity contribution in [2.24, 2.45) is 5.92 Å². The largest absolute Gasteiger partial charge is 0.384 e. The van der Waals surface area contributed by atoms with E-state index in [0.717, 1.165) is 48.9 Å². The summed E-state index contributed by atoms with van der Waals surface area (Å²) in [6.45, 7) is 4.18. The molecule has 1 aromatic heterocycles. The number of amides is 3. The van der Waals surface area contributed by atoms with E-state index >= 15 is 0 Å². The fourth-order valence-electron chi connectivity index (χ4n) is 4.89. The lowest BCUT2D eigenvalue weighted by molar-refractivity contribution is -0.132. The number of nitrogen functional groups attached to an aromatic ring is 1. The predicted octanol–water partition coefficient (Wildman–Crippen LogP) is 3.09. The van der Waals surface area contributed by atoms with Crippen molar-refractivity contribution in [3.8, 4) is 0 Å². The minimum Gasteiger partial charge on any atom is -0.384 e. The van der Waals surface area contributed by atoms with Gasteiger partial charge in [0.25, 0.3) is 0 Å². The summed E-state index contributed by atoms with van der Waals surface area (Å²) in [6, 6.07) is 6.95. The van der Waals surface area contributed by atoms with Crippen molar-refractivity contribution in [2.45, 2.75) is 38.1 Å². The van der Waals surface area contributed by atoms with Crippen LogP contribution in [-0.4, -0.2) is 72.0 Å². The Morgan fingerprint density at radius 3 is 2.64 bits per heavy atom. The van der Waals surface area contributed by atoms with E-state index in [2.05, 4.69) is 15.2 Å². The first-order valence-corrected chi connectivity index (χ1v) is 12.3. The van der Waals surface area contributed by atoms with E-state index in [1.54, 1.807) is 0 Å². The van der Waals surface area contributed by atoms with E-state index in [1.165, 1.54) is 12.8 Å². The average molecular weight is 471 g/mol. The highest BCUT2D eigenvalue weighted by Crippen LogP contribution is 2.31. The van der Waals surface area contributed by atoms with Crippen molar-refractivity contribution in [2.75, 3.05) is 49.9 Å². The number of likely N-dealkylation sites (tertiary alicyclic amines) is 1. The number of carbonyl (C=O) groups is 2. The van der Waals surface area contributed by atoms with Gasteiger partial charge < -0.3 is 25.8 Å². The first kappa shape index (κ1) is 22.1. The quantitative estimate of drug-likeness (QED) is 0.716. The Morgan fingerprint density at radius 1 is 1.09 bits per heavy atom. The van der Waals surface area contributed by atoms with Crippen LogP contribution in [0, 0.1) is 5.92 Å². The highest BCUT2D eigenvalue weighted by Gasteiger charge is 2.33. The number of urea groups is 1. The van der Waals surface area contributed by atoms with Crippen molar-refractivity contribution in [3.05, 3.63) is 29.3 Å². The summed E-state index contributed by atoms with van der Waals surface area (Å²) in [5.41, 5.74) is 7.81. The van der Waals surface area contributed by atoms with Gasteiger partial charge in [0.2, 0.25) is 5.91 Å². The number of nitrogens with zero attached hydrogens (tertiary/aromatic N) is 4. The molecular weight excluding hydrogens is 440 g/mol. The van der Waals surface area contributed by atoms with Gasteiger partial charge in [0.1, 0.15) is 11.9 Å². The van der Waals surface area contributed by atoms with Gasteiger partial charge in [-0.05, 0) is 56.2 Å². The van der Waals surface area contributed by atoms with Gasteiger partial charge in [0.15, 0.2) is 0 Å². The van der Waals surface area contributed by atoms with Crippen LogP contribution in [0.15, 0.2) is 24.3 Å². The van der Waals surface area contributed by atoms with Crippen molar-refractivity contribution < 1.29 is 9.59 Å². The zero-order valence-electron chi connectivity index (χ0n) is 18.8. The summed E-state index contributed by atoms with van der Waals surface area (Å²) < 4.78 is 0. The van der Waals surface area contributed by atoms with E-state index in [4.69, 9.17) is 17.3 Å². The molecule has 1 aromatic carbocycles.